The third-order valence-electron chi connectivity index (χ3n) is 4.73. The van der Waals surface area contributed by atoms with Crippen molar-refractivity contribution in [2.75, 3.05) is 12.4 Å². The van der Waals surface area contributed by atoms with E-state index in [2.05, 4.69) is 10.3 Å². The largest absolute Gasteiger partial charge is 0.497 e. The van der Waals surface area contributed by atoms with Gasteiger partial charge in [0, 0.05) is 22.7 Å². The zero-order chi connectivity index (χ0) is 22.0. The molecule has 1 heterocycles. The quantitative estimate of drug-likeness (QED) is 0.320. The first-order valence-electron chi connectivity index (χ1n) is 9.26. The molecule has 0 saturated carbocycles. The van der Waals surface area contributed by atoms with Gasteiger partial charge in [0.15, 0.2) is 0 Å². The van der Waals surface area contributed by atoms with Crippen molar-refractivity contribution in [3.05, 3.63) is 93.5 Å². The molecule has 0 aliphatic heterocycles. The van der Waals surface area contributed by atoms with Crippen LogP contribution in [0.4, 0.5) is 11.4 Å². The molecule has 31 heavy (non-hydrogen) atoms. The van der Waals surface area contributed by atoms with E-state index in [1.807, 2.05) is 42.5 Å². The fourth-order valence-electron chi connectivity index (χ4n) is 3.22. The van der Waals surface area contributed by atoms with Gasteiger partial charge in [-0.25, -0.2) is 4.98 Å². The number of nitro groups is 1. The van der Waals surface area contributed by atoms with E-state index in [4.69, 9.17) is 16.3 Å². The van der Waals surface area contributed by atoms with E-state index in [0.717, 1.165) is 5.56 Å². The Bertz CT molecular complexity index is 1320. The van der Waals surface area contributed by atoms with E-state index < -0.39 is 10.8 Å². The first-order chi connectivity index (χ1) is 15.0. The molecule has 0 atom stereocenters. The van der Waals surface area contributed by atoms with Gasteiger partial charge in [0.25, 0.3) is 11.6 Å². The number of fused-ring (bicyclic) bond motifs is 1. The second-order valence-electron chi connectivity index (χ2n) is 6.68. The molecule has 4 rings (SSSR count). The molecule has 1 aromatic heterocycles. The van der Waals surface area contributed by atoms with Crippen LogP contribution in [-0.4, -0.2) is 22.9 Å². The first-order valence-corrected chi connectivity index (χ1v) is 9.63. The predicted molar refractivity (Wildman–Crippen MR) is 120 cm³/mol. The van der Waals surface area contributed by atoms with E-state index in [1.54, 1.807) is 19.2 Å². The van der Waals surface area contributed by atoms with Crippen molar-refractivity contribution < 1.29 is 14.5 Å². The van der Waals surface area contributed by atoms with Gasteiger partial charge in [-0.15, -0.1) is 0 Å². The van der Waals surface area contributed by atoms with E-state index in [1.165, 1.54) is 18.2 Å². The first kappa shape index (κ1) is 20.3. The molecule has 0 spiro atoms. The van der Waals surface area contributed by atoms with Crippen LogP contribution >= 0.6 is 11.6 Å². The number of hydrogen-bond acceptors (Lipinski definition) is 5. The molecule has 1 amide bonds. The van der Waals surface area contributed by atoms with Crippen LogP contribution in [0.3, 0.4) is 0 Å². The molecule has 0 aliphatic rings. The number of nitrogens with zero attached hydrogens (tertiary/aromatic N) is 2. The Morgan fingerprint density at radius 1 is 1.06 bits per heavy atom. The van der Waals surface area contributed by atoms with Gasteiger partial charge in [0.05, 0.1) is 28.8 Å². The number of carbonyl (C=O) groups is 1. The number of ether oxygens (including phenoxy) is 1. The lowest BCUT2D eigenvalue weighted by Gasteiger charge is -2.11. The molecule has 0 fully saturated rings. The van der Waals surface area contributed by atoms with Crippen LogP contribution in [0, 0.1) is 10.1 Å². The van der Waals surface area contributed by atoms with Gasteiger partial charge < -0.3 is 10.1 Å². The Balaban J connectivity index is 1.78. The van der Waals surface area contributed by atoms with Crippen molar-refractivity contribution in [2.24, 2.45) is 0 Å². The van der Waals surface area contributed by atoms with Crippen LogP contribution in [0.1, 0.15) is 10.4 Å². The van der Waals surface area contributed by atoms with Gasteiger partial charge in [-0.2, -0.15) is 0 Å². The topological polar surface area (TPSA) is 94.4 Å². The molecule has 0 radical (unpaired) electrons. The van der Waals surface area contributed by atoms with E-state index in [0.29, 0.717) is 27.9 Å². The summed E-state index contributed by atoms with van der Waals surface area (Å²) in [7, 11) is 1.58. The molecule has 1 N–H and O–H groups in total. The Morgan fingerprint density at radius 3 is 2.65 bits per heavy atom. The lowest BCUT2D eigenvalue weighted by Crippen LogP contribution is -2.13. The minimum Gasteiger partial charge on any atom is -0.497 e. The second-order valence-corrected chi connectivity index (χ2v) is 7.09. The number of para-hydroxylation sites is 1. The fourth-order valence-corrected chi connectivity index (χ4v) is 3.41. The number of nitro benzene ring substituents is 1. The number of amides is 1. The Hall–Kier alpha value is -3.97. The van der Waals surface area contributed by atoms with E-state index in [-0.39, 0.29) is 16.4 Å². The summed E-state index contributed by atoms with van der Waals surface area (Å²) in [4.78, 5) is 28.4. The van der Waals surface area contributed by atoms with Crippen molar-refractivity contribution in [3.8, 4) is 17.0 Å². The van der Waals surface area contributed by atoms with E-state index in [9.17, 15) is 14.9 Å². The molecular weight excluding hydrogens is 418 g/mol. The number of anilines is 1. The summed E-state index contributed by atoms with van der Waals surface area (Å²) in [6.07, 6.45) is 0. The average molecular weight is 434 g/mol. The summed E-state index contributed by atoms with van der Waals surface area (Å²) in [5.41, 5.74) is 2.42. The van der Waals surface area contributed by atoms with Crippen molar-refractivity contribution in [1.82, 2.24) is 4.98 Å². The summed E-state index contributed by atoms with van der Waals surface area (Å²) in [5, 5.41) is 14.5. The smallest absolute Gasteiger partial charge is 0.289 e. The number of halogens is 1. The number of methoxy groups -OCH3 is 1. The summed E-state index contributed by atoms with van der Waals surface area (Å²) in [5.74, 6) is 0.256. The number of aromatic nitrogens is 1. The number of pyridine rings is 1. The number of hydrogen-bond donors (Lipinski definition) is 1. The summed E-state index contributed by atoms with van der Waals surface area (Å²) >= 11 is 5.86. The van der Waals surface area contributed by atoms with Crippen LogP contribution in [-0.2, 0) is 0 Å². The number of carbonyl (C=O) groups excluding carboxylic acids is 1. The second kappa shape index (κ2) is 8.41. The normalized spacial score (nSPS) is 10.6. The summed E-state index contributed by atoms with van der Waals surface area (Å²) in [6, 6.07) is 20.5. The van der Waals surface area contributed by atoms with Gasteiger partial charge in [0.2, 0.25) is 0 Å². The van der Waals surface area contributed by atoms with Crippen molar-refractivity contribution in [3.63, 3.8) is 0 Å². The Kier molecular flexibility index (Phi) is 5.51. The number of nitrogens with one attached hydrogen (secondary N) is 1. The standard InChI is InChI=1S/C23H16ClN3O4/c1-31-16-6-4-5-14(11-16)21-13-18(17-7-2-3-8-20(17)26-21)23(28)25-15-9-10-19(24)22(12-15)27(29)30/h2-13H,1H3,(H,25,28). The highest BCUT2D eigenvalue weighted by atomic mass is 35.5. The highest BCUT2D eigenvalue weighted by molar-refractivity contribution is 6.32. The van der Waals surface area contributed by atoms with Gasteiger partial charge >= 0.3 is 0 Å². The SMILES string of the molecule is COc1cccc(-c2cc(C(=O)Nc3ccc(Cl)c([N+](=O)[O-])c3)c3ccccc3n2)c1. The maximum absolute atomic E-state index is 13.1. The molecule has 3 aromatic carbocycles. The minimum atomic E-state index is -0.597. The lowest BCUT2D eigenvalue weighted by molar-refractivity contribution is -0.384. The fraction of sp³-hybridized carbons (Fsp3) is 0.0435. The van der Waals surface area contributed by atoms with Crippen LogP contribution in [0.15, 0.2) is 72.8 Å². The van der Waals surface area contributed by atoms with Crippen LogP contribution < -0.4 is 10.1 Å². The zero-order valence-corrected chi connectivity index (χ0v) is 17.1. The maximum atomic E-state index is 13.1. The van der Waals surface area contributed by atoms with Crippen LogP contribution in [0.5, 0.6) is 5.75 Å². The van der Waals surface area contributed by atoms with Crippen molar-refractivity contribution in [2.45, 2.75) is 0 Å². The summed E-state index contributed by atoms with van der Waals surface area (Å²) < 4.78 is 5.29. The molecule has 0 bridgehead atoms. The van der Waals surface area contributed by atoms with Gasteiger partial charge in [-0.3, -0.25) is 14.9 Å². The molecular formula is C23H16ClN3O4. The highest BCUT2D eigenvalue weighted by Crippen LogP contribution is 2.30. The number of rotatable bonds is 5. The van der Waals surface area contributed by atoms with Gasteiger partial charge in [-0.1, -0.05) is 41.9 Å². The summed E-state index contributed by atoms with van der Waals surface area (Å²) in [6.45, 7) is 0. The van der Waals surface area contributed by atoms with Crippen molar-refractivity contribution >= 4 is 39.8 Å². The lowest BCUT2D eigenvalue weighted by atomic mass is 10.0. The molecule has 0 unspecified atom stereocenters. The van der Waals surface area contributed by atoms with Crippen molar-refractivity contribution in [1.29, 1.82) is 0 Å². The molecule has 154 valence electrons. The molecule has 7 nitrogen and oxygen atoms in total. The van der Waals surface area contributed by atoms with E-state index >= 15 is 0 Å². The average Bonchev–Trinajstić information content (AvgIpc) is 2.79. The highest BCUT2D eigenvalue weighted by Gasteiger charge is 2.17. The number of benzene rings is 3. The minimum absolute atomic E-state index is 0.00216. The zero-order valence-electron chi connectivity index (χ0n) is 16.3. The molecule has 8 heteroatoms. The Labute approximate surface area is 182 Å². The Morgan fingerprint density at radius 2 is 1.87 bits per heavy atom. The molecule has 0 saturated heterocycles. The monoisotopic (exact) mass is 433 g/mol. The third kappa shape index (κ3) is 4.17. The van der Waals surface area contributed by atoms with Crippen LogP contribution in [0.25, 0.3) is 22.2 Å². The third-order valence-corrected chi connectivity index (χ3v) is 5.05. The molecule has 0 aliphatic carbocycles. The predicted octanol–water partition coefficient (Wildman–Crippen LogP) is 5.72. The van der Waals surface area contributed by atoms with Gasteiger partial charge in [-0.05, 0) is 36.4 Å². The van der Waals surface area contributed by atoms with Crippen LogP contribution in [0.2, 0.25) is 5.02 Å². The van der Waals surface area contributed by atoms with Gasteiger partial charge in [0.1, 0.15) is 10.8 Å². The maximum Gasteiger partial charge on any atom is 0.289 e. The molecule has 4 aromatic rings.